The van der Waals surface area contributed by atoms with Gasteiger partial charge in [-0.3, -0.25) is 4.79 Å². The molecule has 12 nitrogen and oxygen atoms in total. The van der Waals surface area contributed by atoms with Gasteiger partial charge in [-0.25, -0.2) is 9.78 Å². The number of rotatable bonds is 16. The number of ether oxygens (including phenoxy) is 6. The van der Waals surface area contributed by atoms with Gasteiger partial charge in [-0.05, 0) is 43.3 Å². The molecule has 1 aromatic heterocycles. The summed E-state index contributed by atoms with van der Waals surface area (Å²) in [6, 6.07) is 0. The fraction of sp³-hybridized carbons (Fsp3) is 0.605. The fourth-order valence-electron chi connectivity index (χ4n) is 6.60. The van der Waals surface area contributed by atoms with Crippen LogP contribution in [-0.2, 0) is 44.4 Å². The maximum atomic E-state index is 12.0. The van der Waals surface area contributed by atoms with E-state index in [1.807, 2.05) is 52.0 Å². The van der Waals surface area contributed by atoms with E-state index in [1.165, 1.54) is 26.4 Å². The first-order valence-corrected chi connectivity index (χ1v) is 18.1. The molecule has 3 rings (SSSR count). The van der Waals surface area contributed by atoms with E-state index in [0.717, 1.165) is 11.1 Å². The topological polar surface area (TPSA) is 156 Å². The van der Waals surface area contributed by atoms with Crippen LogP contribution in [0, 0.1) is 11.8 Å². The molecule has 10 atom stereocenters. The van der Waals surface area contributed by atoms with Crippen molar-refractivity contribution in [1.29, 1.82) is 0 Å². The van der Waals surface area contributed by atoms with Crippen molar-refractivity contribution in [2.75, 3.05) is 21.3 Å². The van der Waals surface area contributed by atoms with Gasteiger partial charge >= 0.3 is 11.9 Å². The van der Waals surface area contributed by atoms with Gasteiger partial charge in [0.1, 0.15) is 18.1 Å². The molecule has 3 heterocycles. The normalized spacial score (nSPS) is 30.6. The van der Waals surface area contributed by atoms with E-state index in [4.69, 9.17) is 32.8 Å². The van der Waals surface area contributed by atoms with Gasteiger partial charge in [0.2, 0.25) is 0 Å². The maximum Gasteiger partial charge on any atom is 0.330 e. The third-order valence-corrected chi connectivity index (χ3v) is 9.64. The van der Waals surface area contributed by atoms with Crippen molar-refractivity contribution in [2.24, 2.45) is 11.8 Å². The van der Waals surface area contributed by atoms with Crippen LogP contribution in [0.3, 0.4) is 0 Å². The number of aliphatic hydroxyl groups is 2. The molecule has 2 aliphatic heterocycles. The Morgan fingerprint density at radius 3 is 2.53 bits per heavy atom. The molecular weight excluding hydrogens is 726 g/mol. The second-order valence-electron chi connectivity index (χ2n) is 13.3. The number of carbonyl (C=O) groups excluding carboxylic acids is 2. The third-order valence-electron chi connectivity index (χ3n) is 9.26. The van der Waals surface area contributed by atoms with Crippen LogP contribution in [0.15, 0.2) is 63.3 Å². The molecule has 0 amide bonds. The number of hydrogen-bond donors (Lipinski definition) is 2. The minimum Gasteiger partial charge on any atom is -0.466 e. The summed E-state index contributed by atoms with van der Waals surface area (Å²) in [4.78, 5) is 30.0. The molecule has 0 aromatic carbocycles. The summed E-state index contributed by atoms with van der Waals surface area (Å²) in [5.41, 5.74) is 2.15. The summed E-state index contributed by atoms with van der Waals surface area (Å²) in [5.74, 6) is -2.61. The maximum absolute atomic E-state index is 12.0. The summed E-state index contributed by atoms with van der Waals surface area (Å²) in [6.07, 6.45) is 12.0. The first kappa shape index (κ1) is 42.5. The molecule has 284 valence electrons. The van der Waals surface area contributed by atoms with Gasteiger partial charge in [0.05, 0.1) is 50.2 Å². The Hall–Kier alpha value is -2.91. The van der Waals surface area contributed by atoms with Crippen LogP contribution in [0.5, 0.6) is 0 Å². The number of aromatic nitrogens is 1. The lowest BCUT2D eigenvalue weighted by atomic mass is 9.79. The Balaban J connectivity index is 1.75. The molecule has 2 N–H and O–H groups in total. The van der Waals surface area contributed by atoms with E-state index in [0.29, 0.717) is 25.0 Å². The standard InChI is InChI=1S/C38H54BrNO11/c1-23(14-15-29(45-6)11-10-16-39)17-31(42)33-19-30(46-7)20-38(44,51-33)21-34-40-28(22-48-34)18-24(2)36-26(4)37(49-27(5)41)25(3)32(50-36)12-9-13-35(43)47-8/h9-10,13-18,22,25-26,29-33,36-37,42,44H,11-12,19-21H2,1-8H3/t25-,26-,29+,30+,31+,32+,33+,36-,37-,38-/m0/s1. The van der Waals surface area contributed by atoms with Crippen LogP contribution in [0.25, 0.3) is 6.08 Å². The summed E-state index contributed by atoms with van der Waals surface area (Å²) in [5, 5.41) is 22.7. The van der Waals surface area contributed by atoms with Gasteiger partial charge in [0.25, 0.3) is 0 Å². The number of nitrogens with zero attached hydrogens (tertiary/aromatic N) is 1. The molecule has 2 saturated heterocycles. The summed E-state index contributed by atoms with van der Waals surface area (Å²) in [6.45, 7) is 9.11. The summed E-state index contributed by atoms with van der Waals surface area (Å²) in [7, 11) is 4.52. The highest BCUT2D eigenvalue weighted by molar-refractivity contribution is 9.11. The Morgan fingerprint density at radius 1 is 1.14 bits per heavy atom. The summed E-state index contributed by atoms with van der Waals surface area (Å²) < 4.78 is 39.9. The number of allylic oxidation sites excluding steroid dienone is 2. The van der Waals surface area contributed by atoms with Crippen LogP contribution in [0.4, 0.5) is 0 Å². The molecule has 0 saturated carbocycles. The molecule has 51 heavy (non-hydrogen) atoms. The Kier molecular flexibility index (Phi) is 17.0. The number of oxazole rings is 1. The Labute approximate surface area is 309 Å². The monoisotopic (exact) mass is 779 g/mol. The number of halogens is 1. The van der Waals surface area contributed by atoms with Crippen molar-refractivity contribution in [2.45, 2.75) is 115 Å². The zero-order chi connectivity index (χ0) is 37.7. The van der Waals surface area contributed by atoms with E-state index in [2.05, 4.69) is 20.9 Å². The molecule has 0 radical (unpaired) electrons. The molecule has 0 spiro atoms. The van der Waals surface area contributed by atoms with Crippen molar-refractivity contribution in [3.05, 3.63) is 70.4 Å². The number of esters is 2. The van der Waals surface area contributed by atoms with Crippen LogP contribution < -0.4 is 0 Å². The quantitative estimate of drug-likeness (QED) is 0.119. The van der Waals surface area contributed by atoms with E-state index < -0.39 is 36.2 Å². The lowest BCUT2D eigenvalue weighted by Gasteiger charge is -2.44. The molecule has 0 aliphatic carbocycles. The molecule has 13 heteroatoms. The molecule has 2 aliphatic rings. The van der Waals surface area contributed by atoms with Gasteiger partial charge in [-0.15, -0.1) is 0 Å². The van der Waals surface area contributed by atoms with Gasteiger partial charge in [0.15, 0.2) is 11.7 Å². The first-order chi connectivity index (χ1) is 24.2. The second kappa shape index (κ2) is 20.4. The van der Waals surface area contributed by atoms with Crippen molar-refractivity contribution in [3.63, 3.8) is 0 Å². The van der Waals surface area contributed by atoms with Crippen molar-refractivity contribution < 1.29 is 52.6 Å². The van der Waals surface area contributed by atoms with E-state index >= 15 is 0 Å². The van der Waals surface area contributed by atoms with E-state index in [-0.39, 0.29) is 54.8 Å². The average molecular weight is 781 g/mol. The number of hydrogen-bond acceptors (Lipinski definition) is 12. The first-order valence-electron chi connectivity index (χ1n) is 17.2. The lowest BCUT2D eigenvalue weighted by molar-refractivity contribution is -0.286. The molecular formula is C38H54BrNO11. The zero-order valence-electron chi connectivity index (χ0n) is 30.8. The third kappa shape index (κ3) is 12.9. The lowest BCUT2D eigenvalue weighted by Crippen LogP contribution is -2.51. The van der Waals surface area contributed by atoms with Crippen LogP contribution in [-0.4, -0.2) is 97.0 Å². The minimum atomic E-state index is -1.70. The smallest absolute Gasteiger partial charge is 0.330 e. The largest absolute Gasteiger partial charge is 0.466 e. The zero-order valence-corrected chi connectivity index (χ0v) is 32.4. The van der Waals surface area contributed by atoms with Gasteiger partial charge in [-0.2, -0.15) is 0 Å². The van der Waals surface area contributed by atoms with Crippen LogP contribution >= 0.6 is 15.9 Å². The second-order valence-corrected chi connectivity index (χ2v) is 13.8. The number of aliphatic hydroxyl groups excluding tert-OH is 1. The number of methoxy groups -OCH3 is 3. The van der Waals surface area contributed by atoms with Crippen LogP contribution in [0.2, 0.25) is 0 Å². The molecule has 0 unspecified atom stereocenters. The van der Waals surface area contributed by atoms with Crippen molar-refractivity contribution in [1.82, 2.24) is 4.98 Å². The predicted octanol–water partition coefficient (Wildman–Crippen LogP) is 5.77. The predicted molar refractivity (Wildman–Crippen MR) is 194 cm³/mol. The molecule has 0 bridgehead atoms. The number of carbonyl (C=O) groups is 2. The SMILES string of the molecule is COC(=O)C=CC[C@H]1O[C@@H](C(C)=Cc2coc(C[C@]3(O)C[C@H](OC)C[C@H]([C@H](O)C=C(C)C=C[C@@H](CC=CBr)OC)O3)n2)[C@H](C)[C@@H](OC(C)=O)[C@H]1C. The van der Waals surface area contributed by atoms with Crippen molar-refractivity contribution in [3.8, 4) is 0 Å². The summed E-state index contributed by atoms with van der Waals surface area (Å²) >= 11 is 3.26. The van der Waals surface area contributed by atoms with Crippen LogP contribution in [0.1, 0.15) is 71.9 Å². The molecule has 1 aromatic rings. The highest BCUT2D eigenvalue weighted by atomic mass is 79.9. The average Bonchev–Trinajstić information content (AvgIpc) is 3.52. The highest BCUT2D eigenvalue weighted by Gasteiger charge is 2.45. The van der Waals surface area contributed by atoms with Gasteiger partial charge < -0.3 is 43.1 Å². The Morgan fingerprint density at radius 2 is 1.88 bits per heavy atom. The van der Waals surface area contributed by atoms with Gasteiger partial charge in [0, 0.05) is 51.9 Å². The van der Waals surface area contributed by atoms with E-state index in [1.54, 1.807) is 31.4 Å². The molecule has 2 fully saturated rings. The van der Waals surface area contributed by atoms with E-state index in [9.17, 15) is 19.8 Å². The highest BCUT2D eigenvalue weighted by Crippen LogP contribution is 2.38. The van der Waals surface area contributed by atoms with Crippen molar-refractivity contribution >= 4 is 33.9 Å². The fourth-order valence-corrected chi connectivity index (χ4v) is 6.81. The Bertz CT molecular complexity index is 1430. The minimum absolute atomic E-state index is 0.0703. The van der Waals surface area contributed by atoms with Gasteiger partial charge in [-0.1, -0.05) is 65.7 Å².